The number of carbonyl (C=O) groups is 1. The van der Waals surface area contributed by atoms with Crippen LogP contribution in [0.1, 0.15) is 38.3 Å². The number of carboxylic acid groups (broad SMARTS) is 1. The van der Waals surface area contributed by atoms with Crippen LogP contribution in [0.5, 0.6) is 0 Å². The van der Waals surface area contributed by atoms with Gasteiger partial charge in [0.05, 0.1) is 11.7 Å². The van der Waals surface area contributed by atoms with Crippen LogP contribution in [0.2, 0.25) is 0 Å². The fraction of sp³-hybridized carbons (Fsp3) is 0.423. The maximum absolute atomic E-state index is 11.2. The summed E-state index contributed by atoms with van der Waals surface area (Å²) in [7, 11) is 2.04. The second-order valence-corrected chi connectivity index (χ2v) is 12.0. The highest BCUT2D eigenvalue weighted by molar-refractivity contribution is 7.29. The van der Waals surface area contributed by atoms with Crippen molar-refractivity contribution in [1.82, 2.24) is 34.6 Å². The molecule has 2 saturated heterocycles. The van der Waals surface area contributed by atoms with Crippen LogP contribution >= 0.6 is 22.7 Å². The Hall–Kier alpha value is -3.55. The zero-order valence-electron chi connectivity index (χ0n) is 21.4. The quantitative estimate of drug-likeness (QED) is 0.289. The maximum atomic E-state index is 11.2. The van der Waals surface area contributed by atoms with Gasteiger partial charge in [0.2, 0.25) is 0 Å². The molecule has 5 aromatic rings. The van der Waals surface area contributed by atoms with E-state index in [1.807, 2.05) is 36.5 Å². The second kappa shape index (κ2) is 9.88. The van der Waals surface area contributed by atoms with Crippen molar-refractivity contribution in [1.29, 1.82) is 0 Å². The van der Waals surface area contributed by atoms with Crippen LogP contribution in [0, 0.1) is 0 Å². The predicted molar refractivity (Wildman–Crippen MR) is 151 cm³/mol. The zero-order chi connectivity index (χ0) is 26.5. The normalized spacial score (nSPS) is 18.8. The van der Waals surface area contributed by atoms with Gasteiger partial charge in [-0.25, -0.2) is 19.4 Å². The number of nitrogens with zero attached hydrogens (tertiary/aromatic N) is 7. The van der Waals surface area contributed by atoms with E-state index in [0.29, 0.717) is 13.1 Å². The molecule has 13 heteroatoms. The number of hydrogen-bond donors (Lipinski definition) is 2. The van der Waals surface area contributed by atoms with Gasteiger partial charge >= 0.3 is 6.09 Å². The Morgan fingerprint density at radius 1 is 1.15 bits per heavy atom. The monoisotopic (exact) mass is 564 g/mol. The first-order valence-electron chi connectivity index (χ1n) is 13.2. The third kappa shape index (κ3) is 4.43. The lowest BCUT2D eigenvalue weighted by atomic mass is 10.0. The molecule has 7 heterocycles. The molecular formula is C26H28N8O3S2. The molecule has 0 aliphatic carbocycles. The molecule has 0 aromatic carbocycles. The van der Waals surface area contributed by atoms with E-state index in [0.717, 1.165) is 86.2 Å². The Kier molecular flexibility index (Phi) is 6.21. The van der Waals surface area contributed by atoms with E-state index in [4.69, 9.17) is 19.7 Å². The number of H-pyrrole nitrogens is 1. The van der Waals surface area contributed by atoms with Crippen LogP contribution in [0.4, 0.5) is 9.93 Å². The largest absolute Gasteiger partial charge is 0.465 e. The molecule has 1 atom stereocenters. The number of fused-ring (bicyclic) bond motifs is 2. The minimum atomic E-state index is -0.843. The predicted octanol–water partition coefficient (Wildman–Crippen LogP) is 5.44. The Bertz CT molecular complexity index is 1610. The van der Waals surface area contributed by atoms with Crippen molar-refractivity contribution in [2.45, 2.75) is 44.4 Å². The van der Waals surface area contributed by atoms with Crippen LogP contribution in [-0.4, -0.2) is 78.6 Å². The third-order valence-electron chi connectivity index (χ3n) is 7.71. The molecule has 2 N–H and O–H groups in total. The maximum Gasteiger partial charge on any atom is 0.407 e. The molecule has 39 heavy (non-hydrogen) atoms. The lowest BCUT2D eigenvalue weighted by Crippen LogP contribution is -2.45. The number of hydrogen-bond acceptors (Lipinski definition) is 9. The average molecular weight is 565 g/mol. The van der Waals surface area contributed by atoms with Gasteiger partial charge in [0.25, 0.3) is 0 Å². The van der Waals surface area contributed by atoms with Gasteiger partial charge in [-0.1, -0.05) is 22.7 Å². The van der Waals surface area contributed by atoms with Gasteiger partial charge in [0.1, 0.15) is 16.9 Å². The molecule has 2 aliphatic rings. The van der Waals surface area contributed by atoms with Crippen molar-refractivity contribution in [3.63, 3.8) is 0 Å². The highest BCUT2D eigenvalue weighted by atomic mass is 32.1. The van der Waals surface area contributed by atoms with E-state index in [2.05, 4.69) is 21.0 Å². The van der Waals surface area contributed by atoms with Gasteiger partial charge in [-0.2, -0.15) is 5.10 Å². The first-order chi connectivity index (χ1) is 19.0. The minimum Gasteiger partial charge on any atom is -0.465 e. The summed E-state index contributed by atoms with van der Waals surface area (Å²) in [4.78, 5) is 34.7. The molecule has 2 fully saturated rings. The fourth-order valence-corrected chi connectivity index (χ4v) is 7.57. The smallest absolute Gasteiger partial charge is 0.407 e. The minimum absolute atomic E-state index is 0.00121. The highest BCUT2D eigenvalue weighted by Gasteiger charge is 2.27. The number of aromatic nitrogens is 6. The summed E-state index contributed by atoms with van der Waals surface area (Å²) in [6.45, 7) is 1.88. The topological polar surface area (TPSA) is 125 Å². The van der Waals surface area contributed by atoms with E-state index in [9.17, 15) is 9.90 Å². The Balaban J connectivity index is 1.14. The van der Waals surface area contributed by atoms with Crippen molar-refractivity contribution < 1.29 is 14.6 Å². The number of aromatic amines is 1. The Labute approximate surface area is 232 Å². The summed E-state index contributed by atoms with van der Waals surface area (Å²) in [5.41, 5.74) is 3.79. The van der Waals surface area contributed by atoms with Gasteiger partial charge in [0, 0.05) is 67.9 Å². The molecule has 202 valence electrons. The third-order valence-corrected chi connectivity index (χ3v) is 9.84. The van der Waals surface area contributed by atoms with Gasteiger partial charge in [-0.15, -0.1) is 0 Å². The number of nitrogens with one attached hydrogen (secondary N) is 1. The molecule has 0 saturated carbocycles. The first-order valence-corrected chi connectivity index (χ1v) is 14.8. The molecule has 0 radical (unpaired) electrons. The summed E-state index contributed by atoms with van der Waals surface area (Å²) in [5.74, 6) is 0. The molecular weight excluding hydrogens is 536 g/mol. The number of likely N-dealkylation sites (tertiary alicyclic amines) is 1. The van der Waals surface area contributed by atoms with Crippen molar-refractivity contribution in [3.05, 3.63) is 30.9 Å². The van der Waals surface area contributed by atoms with Crippen LogP contribution in [0.25, 0.3) is 42.4 Å². The van der Waals surface area contributed by atoms with Crippen molar-refractivity contribution in [2.75, 3.05) is 31.6 Å². The van der Waals surface area contributed by atoms with Gasteiger partial charge in [-0.3, -0.25) is 4.98 Å². The lowest BCUT2D eigenvalue weighted by Gasteiger charge is -2.35. The van der Waals surface area contributed by atoms with Crippen molar-refractivity contribution in [2.24, 2.45) is 0 Å². The fourth-order valence-electron chi connectivity index (χ4n) is 5.50. The summed E-state index contributed by atoms with van der Waals surface area (Å²) < 4.78 is 7.82. The van der Waals surface area contributed by atoms with Crippen molar-refractivity contribution >= 4 is 54.5 Å². The number of ether oxygens (including phenoxy) is 1. The van der Waals surface area contributed by atoms with E-state index in [1.54, 1.807) is 22.7 Å². The Morgan fingerprint density at radius 2 is 2.00 bits per heavy atom. The SMILES string of the molecule is CN(c1nc2sc(-c3ncc(-c4cnn(C5CCCCO5)c4)c4cc[nH]c34)nc2s1)C1CCN(C(=O)O)CC1. The molecule has 1 amide bonds. The van der Waals surface area contributed by atoms with Gasteiger partial charge in [-0.05, 0) is 38.2 Å². The number of amides is 1. The summed E-state index contributed by atoms with van der Waals surface area (Å²) >= 11 is 3.11. The first kappa shape index (κ1) is 24.5. The standard InChI is InChI=1S/C26H28N8O3S2/c1-32(16-6-9-33(10-7-16)26(35)36)25-31-24-23(39-25)30-22(38-24)21-20-17(5-8-27-20)18(13-28-21)15-12-29-34(14-15)19-4-2-3-11-37-19/h5,8,12-14,16,19,27H,2-4,6-7,9-11H2,1H3,(H,35,36). The van der Waals surface area contributed by atoms with Gasteiger partial charge in [0.15, 0.2) is 14.8 Å². The molecule has 7 rings (SSSR count). The summed E-state index contributed by atoms with van der Waals surface area (Å²) in [6, 6.07) is 2.34. The molecule has 1 unspecified atom stereocenters. The van der Waals surface area contributed by atoms with Crippen LogP contribution in [-0.2, 0) is 4.74 Å². The number of pyridine rings is 1. The van der Waals surface area contributed by atoms with E-state index >= 15 is 0 Å². The summed E-state index contributed by atoms with van der Waals surface area (Å²) in [6.07, 6.45) is 11.8. The van der Waals surface area contributed by atoms with Crippen LogP contribution in [0.3, 0.4) is 0 Å². The van der Waals surface area contributed by atoms with Crippen LogP contribution < -0.4 is 4.90 Å². The van der Waals surface area contributed by atoms with Gasteiger partial charge < -0.3 is 24.6 Å². The lowest BCUT2D eigenvalue weighted by molar-refractivity contribution is -0.0394. The number of piperidine rings is 1. The second-order valence-electron chi connectivity index (χ2n) is 10.1. The van der Waals surface area contributed by atoms with E-state index in [-0.39, 0.29) is 12.3 Å². The average Bonchev–Trinajstić information content (AvgIpc) is 3.76. The zero-order valence-corrected chi connectivity index (χ0v) is 23.0. The Morgan fingerprint density at radius 3 is 2.77 bits per heavy atom. The van der Waals surface area contributed by atoms with Crippen LogP contribution in [0.15, 0.2) is 30.9 Å². The molecule has 0 bridgehead atoms. The number of rotatable bonds is 5. The molecule has 11 nitrogen and oxygen atoms in total. The molecule has 0 spiro atoms. The van der Waals surface area contributed by atoms with E-state index in [1.165, 1.54) is 4.90 Å². The van der Waals surface area contributed by atoms with E-state index < -0.39 is 6.09 Å². The molecule has 2 aliphatic heterocycles. The summed E-state index contributed by atoms with van der Waals surface area (Å²) in [5, 5.41) is 16.6. The number of thiazole rings is 2. The van der Waals surface area contributed by atoms with Crippen molar-refractivity contribution in [3.8, 4) is 21.8 Å². The highest BCUT2D eigenvalue weighted by Crippen LogP contribution is 2.40. The molecule has 5 aromatic heterocycles. The number of anilines is 1.